The van der Waals surface area contributed by atoms with E-state index in [2.05, 4.69) is 5.32 Å². The number of para-hydroxylation sites is 1. The number of carbonyl (C=O) groups excluding carboxylic acids is 1. The Morgan fingerprint density at radius 1 is 1.26 bits per heavy atom. The van der Waals surface area contributed by atoms with Crippen molar-refractivity contribution in [3.05, 3.63) is 29.3 Å². The highest BCUT2D eigenvalue weighted by Gasteiger charge is 2.27. The third-order valence-electron chi connectivity index (χ3n) is 5.05. The third kappa shape index (κ3) is 6.13. The summed E-state index contributed by atoms with van der Waals surface area (Å²) in [6.07, 6.45) is 1.60. The number of likely N-dealkylation sites (tertiary alicyclic amines) is 1. The van der Waals surface area contributed by atoms with E-state index in [9.17, 15) is 9.59 Å². The van der Waals surface area contributed by atoms with Crippen LogP contribution < -0.4 is 10.1 Å². The highest BCUT2D eigenvalue weighted by Crippen LogP contribution is 2.22. The van der Waals surface area contributed by atoms with Crippen LogP contribution >= 0.6 is 0 Å². The molecular formula is C20H31N3O4. The van der Waals surface area contributed by atoms with Gasteiger partial charge in [-0.25, -0.2) is 4.79 Å². The lowest BCUT2D eigenvalue weighted by Crippen LogP contribution is -2.50. The van der Waals surface area contributed by atoms with Crippen molar-refractivity contribution in [1.29, 1.82) is 0 Å². The first-order valence-electron chi connectivity index (χ1n) is 9.60. The highest BCUT2D eigenvalue weighted by atomic mass is 16.5. The van der Waals surface area contributed by atoms with Crippen LogP contribution in [0.4, 0.5) is 4.79 Å². The predicted octanol–water partition coefficient (Wildman–Crippen LogP) is 2.26. The number of benzene rings is 1. The summed E-state index contributed by atoms with van der Waals surface area (Å²) in [6.45, 7) is 8.92. The van der Waals surface area contributed by atoms with Crippen LogP contribution in [-0.4, -0.2) is 72.3 Å². The average Bonchev–Trinajstić information content (AvgIpc) is 2.65. The second-order valence-corrected chi connectivity index (χ2v) is 6.98. The summed E-state index contributed by atoms with van der Waals surface area (Å²) in [7, 11) is 0. The Kier molecular flexibility index (Phi) is 7.91. The minimum Gasteiger partial charge on any atom is -0.491 e. The summed E-state index contributed by atoms with van der Waals surface area (Å²) in [4.78, 5) is 27.0. The number of nitrogens with zero attached hydrogens (tertiary/aromatic N) is 2. The Labute approximate surface area is 161 Å². The fraction of sp³-hybridized carbons (Fsp3) is 0.600. The van der Waals surface area contributed by atoms with E-state index in [1.165, 1.54) is 0 Å². The zero-order chi connectivity index (χ0) is 19.8. The monoisotopic (exact) mass is 377 g/mol. The van der Waals surface area contributed by atoms with Gasteiger partial charge in [0.2, 0.25) is 0 Å². The van der Waals surface area contributed by atoms with Gasteiger partial charge >= 0.3 is 12.0 Å². The molecule has 0 atom stereocenters. The largest absolute Gasteiger partial charge is 0.491 e. The van der Waals surface area contributed by atoms with Crippen LogP contribution in [0.25, 0.3) is 0 Å². The summed E-state index contributed by atoms with van der Waals surface area (Å²) in [5, 5.41) is 11.9. The zero-order valence-electron chi connectivity index (χ0n) is 16.5. The first kappa shape index (κ1) is 21.0. The second kappa shape index (κ2) is 10.2. The molecule has 1 aromatic carbocycles. The molecule has 2 N–H and O–H groups in total. The molecule has 1 saturated heterocycles. The van der Waals surface area contributed by atoms with Gasteiger partial charge in [0, 0.05) is 19.1 Å². The van der Waals surface area contributed by atoms with E-state index in [1.807, 2.05) is 43.9 Å². The molecule has 150 valence electrons. The number of rotatable bonds is 8. The van der Waals surface area contributed by atoms with Crippen molar-refractivity contribution in [2.75, 3.05) is 39.3 Å². The zero-order valence-corrected chi connectivity index (χ0v) is 16.5. The molecule has 1 aromatic rings. The fourth-order valence-corrected chi connectivity index (χ4v) is 3.56. The van der Waals surface area contributed by atoms with Gasteiger partial charge in [0.15, 0.2) is 0 Å². The lowest BCUT2D eigenvalue weighted by atomic mass is 10.0. The van der Waals surface area contributed by atoms with Crippen LogP contribution in [0.2, 0.25) is 0 Å². The minimum atomic E-state index is -0.805. The van der Waals surface area contributed by atoms with Crippen molar-refractivity contribution in [3.63, 3.8) is 0 Å². The number of ether oxygens (including phenoxy) is 1. The Balaban J connectivity index is 1.71. The first-order valence-corrected chi connectivity index (χ1v) is 9.60. The van der Waals surface area contributed by atoms with E-state index in [-0.39, 0.29) is 18.6 Å². The van der Waals surface area contributed by atoms with Gasteiger partial charge in [-0.05, 0) is 44.4 Å². The molecule has 0 unspecified atom stereocenters. The van der Waals surface area contributed by atoms with Gasteiger partial charge in [0.05, 0.1) is 13.1 Å². The van der Waals surface area contributed by atoms with Gasteiger partial charge in [-0.1, -0.05) is 25.1 Å². The molecule has 0 bridgehead atoms. The van der Waals surface area contributed by atoms with Crippen LogP contribution in [0.1, 0.15) is 30.9 Å². The Morgan fingerprint density at radius 3 is 2.44 bits per heavy atom. The van der Waals surface area contributed by atoms with E-state index in [4.69, 9.17) is 9.84 Å². The van der Waals surface area contributed by atoms with E-state index in [0.29, 0.717) is 32.8 Å². The number of amides is 2. The van der Waals surface area contributed by atoms with Crippen molar-refractivity contribution < 1.29 is 19.4 Å². The van der Waals surface area contributed by atoms with Crippen LogP contribution in [-0.2, 0) is 4.79 Å². The van der Waals surface area contributed by atoms with Gasteiger partial charge in [0.25, 0.3) is 0 Å². The number of carboxylic acid groups (broad SMARTS) is 1. The maximum atomic E-state index is 12.3. The minimum absolute atomic E-state index is 0.0586. The summed E-state index contributed by atoms with van der Waals surface area (Å²) in [5.74, 6) is 0.0755. The Hall–Kier alpha value is -2.28. The maximum Gasteiger partial charge on any atom is 0.317 e. The van der Waals surface area contributed by atoms with Crippen LogP contribution in [0, 0.1) is 13.8 Å². The number of nitrogens with one attached hydrogen (secondary N) is 1. The Morgan fingerprint density at radius 2 is 1.89 bits per heavy atom. The number of carbonyl (C=O) groups is 2. The average molecular weight is 377 g/mol. The number of hydrogen-bond donors (Lipinski definition) is 2. The molecule has 2 rings (SSSR count). The number of aliphatic carboxylic acids is 1. The summed E-state index contributed by atoms with van der Waals surface area (Å²) < 4.78 is 5.81. The SMILES string of the molecule is CCN(CC(=O)O)C1CCN(C(=O)NCCOc2c(C)cccc2C)CC1. The molecule has 0 aromatic heterocycles. The summed E-state index contributed by atoms with van der Waals surface area (Å²) >= 11 is 0. The maximum absolute atomic E-state index is 12.3. The van der Waals surface area contributed by atoms with E-state index < -0.39 is 5.97 Å². The molecule has 7 heteroatoms. The van der Waals surface area contributed by atoms with Gasteiger partial charge in [0.1, 0.15) is 12.4 Å². The van der Waals surface area contributed by atoms with E-state index in [0.717, 1.165) is 29.7 Å². The van der Waals surface area contributed by atoms with Crippen LogP contribution in [0.15, 0.2) is 18.2 Å². The second-order valence-electron chi connectivity index (χ2n) is 6.98. The van der Waals surface area contributed by atoms with Crippen molar-refractivity contribution in [2.45, 2.75) is 39.7 Å². The number of carboxylic acids is 1. The molecule has 0 saturated carbocycles. The van der Waals surface area contributed by atoms with Crippen LogP contribution in [0.3, 0.4) is 0 Å². The normalized spacial score (nSPS) is 15.0. The highest BCUT2D eigenvalue weighted by molar-refractivity contribution is 5.74. The molecular weight excluding hydrogens is 346 g/mol. The van der Waals surface area contributed by atoms with Gasteiger partial charge in [-0.3, -0.25) is 9.69 Å². The number of urea groups is 1. The molecule has 0 spiro atoms. The number of piperidine rings is 1. The molecule has 0 aliphatic carbocycles. The number of likely N-dealkylation sites (N-methyl/N-ethyl adjacent to an activating group) is 1. The smallest absolute Gasteiger partial charge is 0.317 e. The van der Waals surface area contributed by atoms with Gasteiger partial charge < -0.3 is 20.1 Å². The lowest BCUT2D eigenvalue weighted by Gasteiger charge is -2.37. The summed E-state index contributed by atoms with van der Waals surface area (Å²) in [6, 6.07) is 6.16. The molecule has 1 fully saturated rings. The Bertz CT molecular complexity index is 622. The first-order chi connectivity index (χ1) is 12.9. The van der Waals surface area contributed by atoms with Gasteiger partial charge in [-0.15, -0.1) is 0 Å². The fourth-order valence-electron chi connectivity index (χ4n) is 3.56. The third-order valence-corrected chi connectivity index (χ3v) is 5.05. The lowest BCUT2D eigenvalue weighted by molar-refractivity contribution is -0.139. The molecule has 1 heterocycles. The topological polar surface area (TPSA) is 82.1 Å². The van der Waals surface area contributed by atoms with Crippen LogP contribution in [0.5, 0.6) is 5.75 Å². The molecule has 1 aliphatic heterocycles. The number of hydrogen-bond acceptors (Lipinski definition) is 4. The summed E-state index contributed by atoms with van der Waals surface area (Å²) in [5.41, 5.74) is 2.18. The molecule has 1 aliphatic rings. The van der Waals surface area contributed by atoms with Crippen molar-refractivity contribution in [2.24, 2.45) is 0 Å². The molecule has 27 heavy (non-hydrogen) atoms. The van der Waals surface area contributed by atoms with Gasteiger partial charge in [-0.2, -0.15) is 0 Å². The van der Waals surface area contributed by atoms with E-state index >= 15 is 0 Å². The number of aryl methyl sites for hydroxylation is 2. The molecule has 2 amide bonds. The quantitative estimate of drug-likeness (QED) is 0.679. The van der Waals surface area contributed by atoms with Crippen molar-refractivity contribution in [3.8, 4) is 5.75 Å². The van der Waals surface area contributed by atoms with E-state index in [1.54, 1.807) is 4.90 Å². The molecule has 7 nitrogen and oxygen atoms in total. The van der Waals surface area contributed by atoms with Crippen molar-refractivity contribution >= 4 is 12.0 Å². The van der Waals surface area contributed by atoms with Crippen molar-refractivity contribution in [1.82, 2.24) is 15.1 Å². The predicted molar refractivity (Wildman–Crippen MR) is 104 cm³/mol. The standard InChI is InChI=1S/C20H31N3O4/c1-4-22(14-18(24)25)17-8-11-23(12-9-17)20(26)21-10-13-27-19-15(2)6-5-7-16(19)3/h5-7,17H,4,8-14H2,1-3H3,(H,21,26)(H,24,25). The molecule has 0 radical (unpaired) electrons.